The van der Waals surface area contributed by atoms with Gasteiger partial charge in [-0.2, -0.15) is 0 Å². The lowest BCUT2D eigenvalue weighted by Crippen LogP contribution is -2.42. The number of carbonyl (C=O) groups is 1. The summed E-state index contributed by atoms with van der Waals surface area (Å²) in [4.78, 5) is 21.0. The molecule has 2 aromatic heterocycles. The molecule has 0 spiro atoms. The van der Waals surface area contributed by atoms with Crippen LogP contribution < -0.4 is 5.32 Å². The third-order valence-electron chi connectivity index (χ3n) is 6.64. The molecule has 4 unspecified atom stereocenters. The number of aromatic nitrogens is 2. The summed E-state index contributed by atoms with van der Waals surface area (Å²) in [6.45, 7) is 1.97. The first-order valence-corrected chi connectivity index (χ1v) is 11.5. The van der Waals surface area contributed by atoms with Gasteiger partial charge in [0, 0.05) is 11.8 Å². The Balaban J connectivity index is 1.42. The standard InChI is InChI=1S/C26H24F3N3O3/c1-13-11-21(35-25(24(13)33)14-5-6-14)15-9-10-30-12-20(15)32-26(34)19-8-7-18(29)23(31-19)22-16(27)3-2-4-17(22)28/h2-4,7-10,12-14,21,24-25,33H,5-6,11H2,1H3,(H,32,34). The Bertz CT molecular complexity index is 1250. The van der Waals surface area contributed by atoms with Crippen molar-refractivity contribution >= 4 is 11.6 Å². The summed E-state index contributed by atoms with van der Waals surface area (Å²) in [7, 11) is 0. The largest absolute Gasteiger partial charge is 0.390 e. The third kappa shape index (κ3) is 4.66. The molecule has 35 heavy (non-hydrogen) atoms. The van der Waals surface area contributed by atoms with Gasteiger partial charge in [-0.1, -0.05) is 13.0 Å². The van der Waals surface area contributed by atoms with Crippen LogP contribution in [-0.4, -0.2) is 33.2 Å². The maximum absolute atomic E-state index is 14.4. The lowest BCUT2D eigenvalue weighted by Gasteiger charge is -2.39. The molecule has 1 saturated carbocycles. The minimum absolute atomic E-state index is 0.00746. The van der Waals surface area contributed by atoms with E-state index in [2.05, 4.69) is 15.3 Å². The first kappa shape index (κ1) is 23.4. The molecule has 0 radical (unpaired) electrons. The van der Waals surface area contributed by atoms with Crippen LogP contribution in [0, 0.1) is 29.3 Å². The van der Waals surface area contributed by atoms with E-state index < -0.39 is 40.7 Å². The van der Waals surface area contributed by atoms with E-state index in [4.69, 9.17) is 4.74 Å². The average molecular weight is 483 g/mol. The van der Waals surface area contributed by atoms with Gasteiger partial charge < -0.3 is 15.2 Å². The number of hydrogen-bond donors (Lipinski definition) is 2. The van der Waals surface area contributed by atoms with Crippen molar-refractivity contribution in [2.24, 2.45) is 11.8 Å². The molecule has 3 aromatic rings. The predicted molar refractivity (Wildman–Crippen MR) is 122 cm³/mol. The van der Waals surface area contributed by atoms with E-state index in [1.54, 1.807) is 12.3 Å². The van der Waals surface area contributed by atoms with Crippen LogP contribution in [0.3, 0.4) is 0 Å². The van der Waals surface area contributed by atoms with Crippen molar-refractivity contribution in [3.8, 4) is 11.3 Å². The Hall–Kier alpha value is -3.30. The Kier molecular flexibility index (Phi) is 6.29. The number of hydrogen-bond acceptors (Lipinski definition) is 5. The quantitative estimate of drug-likeness (QED) is 0.531. The van der Waals surface area contributed by atoms with Crippen LogP contribution in [-0.2, 0) is 4.74 Å². The summed E-state index contributed by atoms with van der Waals surface area (Å²) in [6, 6.07) is 6.97. The van der Waals surface area contributed by atoms with Crippen molar-refractivity contribution < 1.29 is 27.8 Å². The number of nitrogens with one attached hydrogen (secondary N) is 1. The van der Waals surface area contributed by atoms with Gasteiger partial charge >= 0.3 is 0 Å². The van der Waals surface area contributed by atoms with Crippen LogP contribution in [0.15, 0.2) is 48.8 Å². The Labute approximate surface area is 200 Å². The van der Waals surface area contributed by atoms with Gasteiger partial charge in [0.1, 0.15) is 28.8 Å². The van der Waals surface area contributed by atoms with Gasteiger partial charge in [-0.25, -0.2) is 18.2 Å². The number of aliphatic hydroxyl groups is 1. The van der Waals surface area contributed by atoms with Crippen molar-refractivity contribution in [2.45, 2.75) is 44.5 Å². The molecule has 0 bridgehead atoms. The Morgan fingerprint density at radius 3 is 2.54 bits per heavy atom. The van der Waals surface area contributed by atoms with Gasteiger partial charge in [-0.05, 0) is 61.4 Å². The smallest absolute Gasteiger partial charge is 0.274 e. The average Bonchev–Trinajstić information content (AvgIpc) is 3.67. The number of benzene rings is 1. The maximum Gasteiger partial charge on any atom is 0.274 e. The number of rotatable bonds is 5. The second-order valence-corrected chi connectivity index (χ2v) is 9.17. The fourth-order valence-corrected chi connectivity index (χ4v) is 4.59. The first-order valence-electron chi connectivity index (χ1n) is 11.5. The highest BCUT2D eigenvalue weighted by atomic mass is 19.1. The Morgan fingerprint density at radius 2 is 1.83 bits per heavy atom. The zero-order valence-electron chi connectivity index (χ0n) is 18.9. The van der Waals surface area contributed by atoms with E-state index in [0.717, 1.165) is 43.2 Å². The molecule has 4 atom stereocenters. The van der Waals surface area contributed by atoms with E-state index in [0.29, 0.717) is 23.6 Å². The molecule has 1 aliphatic heterocycles. The number of nitrogens with zero attached hydrogens (tertiary/aromatic N) is 2. The SMILES string of the molecule is CC1CC(c2ccncc2NC(=O)c2ccc(F)c(-c3c(F)cccc3F)n2)OC(C2CC2)C1O. The van der Waals surface area contributed by atoms with Crippen molar-refractivity contribution in [3.63, 3.8) is 0 Å². The van der Waals surface area contributed by atoms with Gasteiger partial charge in [-0.15, -0.1) is 0 Å². The summed E-state index contributed by atoms with van der Waals surface area (Å²) in [6.07, 6.45) is 4.48. The molecule has 1 saturated heterocycles. The predicted octanol–water partition coefficient (Wildman–Crippen LogP) is 5.05. The second kappa shape index (κ2) is 9.39. The van der Waals surface area contributed by atoms with E-state index in [9.17, 15) is 23.1 Å². The second-order valence-electron chi connectivity index (χ2n) is 9.17. The van der Waals surface area contributed by atoms with Crippen molar-refractivity contribution in [2.75, 3.05) is 5.32 Å². The van der Waals surface area contributed by atoms with Crippen LogP contribution >= 0.6 is 0 Å². The van der Waals surface area contributed by atoms with Crippen LogP contribution in [0.25, 0.3) is 11.3 Å². The maximum atomic E-state index is 14.4. The number of aliphatic hydroxyl groups excluding tert-OH is 1. The van der Waals surface area contributed by atoms with E-state index >= 15 is 0 Å². The zero-order chi connectivity index (χ0) is 24.7. The van der Waals surface area contributed by atoms with Crippen molar-refractivity contribution in [1.82, 2.24) is 9.97 Å². The molecule has 5 rings (SSSR count). The number of carbonyl (C=O) groups excluding carboxylic acids is 1. The molecule has 1 amide bonds. The molecule has 6 nitrogen and oxygen atoms in total. The minimum atomic E-state index is -0.987. The third-order valence-corrected chi connectivity index (χ3v) is 6.64. The highest BCUT2D eigenvalue weighted by molar-refractivity contribution is 6.03. The molecule has 3 heterocycles. The molecule has 1 aliphatic carbocycles. The molecular weight excluding hydrogens is 459 g/mol. The molecule has 9 heteroatoms. The monoisotopic (exact) mass is 483 g/mol. The fourth-order valence-electron chi connectivity index (χ4n) is 4.59. The molecule has 2 aliphatic rings. The van der Waals surface area contributed by atoms with Crippen molar-refractivity contribution in [3.05, 3.63) is 77.5 Å². The number of amides is 1. The zero-order valence-corrected chi connectivity index (χ0v) is 18.9. The summed E-state index contributed by atoms with van der Waals surface area (Å²) in [5.74, 6) is -3.29. The van der Waals surface area contributed by atoms with Gasteiger partial charge in [0.15, 0.2) is 0 Å². The van der Waals surface area contributed by atoms with E-state index in [1.807, 2.05) is 6.92 Å². The van der Waals surface area contributed by atoms with Crippen molar-refractivity contribution in [1.29, 1.82) is 0 Å². The number of ether oxygens (including phenoxy) is 1. The lowest BCUT2D eigenvalue weighted by atomic mass is 9.86. The highest BCUT2D eigenvalue weighted by Crippen LogP contribution is 2.45. The van der Waals surface area contributed by atoms with E-state index in [1.165, 1.54) is 6.20 Å². The summed E-state index contributed by atoms with van der Waals surface area (Å²) < 4.78 is 49.1. The van der Waals surface area contributed by atoms with Gasteiger partial charge in [-0.3, -0.25) is 9.78 Å². The minimum Gasteiger partial charge on any atom is -0.390 e. The Morgan fingerprint density at radius 1 is 1.09 bits per heavy atom. The summed E-state index contributed by atoms with van der Waals surface area (Å²) in [5.41, 5.74) is -0.380. The molecule has 2 N–H and O–H groups in total. The van der Waals surface area contributed by atoms with Crippen LogP contribution in [0.5, 0.6) is 0 Å². The normalized spacial score (nSPS) is 24.3. The van der Waals surface area contributed by atoms with Crippen LogP contribution in [0.1, 0.15) is 48.3 Å². The molecule has 1 aromatic carbocycles. The summed E-state index contributed by atoms with van der Waals surface area (Å²) in [5, 5.41) is 13.3. The summed E-state index contributed by atoms with van der Waals surface area (Å²) >= 11 is 0. The van der Waals surface area contributed by atoms with Gasteiger partial charge in [0.2, 0.25) is 0 Å². The molecular formula is C26H24F3N3O3. The van der Waals surface area contributed by atoms with Crippen LogP contribution in [0.4, 0.5) is 18.9 Å². The number of pyridine rings is 2. The van der Waals surface area contributed by atoms with E-state index in [-0.39, 0.29) is 23.8 Å². The lowest BCUT2D eigenvalue weighted by molar-refractivity contribution is -0.151. The number of anilines is 1. The van der Waals surface area contributed by atoms with Gasteiger partial charge in [0.25, 0.3) is 5.91 Å². The van der Waals surface area contributed by atoms with Gasteiger partial charge in [0.05, 0.1) is 35.8 Å². The molecule has 182 valence electrons. The topological polar surface area (TPSA) is 84.3 Å². The highest BCUT2D eigenvalue weighted by Gasteiger charge is 2.44. The molecule has 2 fully saturated rings. The fraction of sp³-hybridized carbons (Fsp3) is 0.346. The first-order chi connectivity index (χ1) is 16.8. The van der Waals surface area contributed by atoms with Crippen LogP contribution in [0.2, 0.25) is 0 Å². The number of halogens is 3.